The normalized spacial score (nSPS) is 11.2. The molecule has 1 aromatic heterocycles. The van der Waals surface area contributed by atoms with Crippen molar-refractivity contribution in [3.8, 4) is 0 Å². The molecule has 0 aliphatic rings. The van der Waals surface area contributed by atoms with Gasteiger partial charge >= 0.3 is 0 Å². The Morgan fingerprint density at radius 2 is 1.79 bits per heavy atom. The Hall–Kier alpha value is -1.68. The van der Waals surface area contributed by atoms with Gasteiger partial charge in [0.1, 0.15) is 0 Å². The summed E-state index contributed by atoms with van der Waals surface area (Å²) < 4.78 is 4.92. The van der Waals surface area contributed by atoms with Crippen molar-refractivity contribution in [2.24, 2.45) is 5.92 Å². The molecule has 0 spiro atoms. The van der Waals surface area contributed by atoms with Gasteiger partial charge in [-0.1, -0.05) is 43.3 Å². The Morgan fingerprint density at radius 3 is 2.37 bits per heavy atom. The van der Waals surface area contributed by atoms with Crippen molar-refractivity contribution in [2.45, 2.75) is 40.3 Å². The first-order valence-corrected chi connectivity index (χ1v) is 6.71. The first-order chi connectivity index (χ1) is 9.13. The monoisotopic (exact) mass is 259 g/mol. The molecule has 1 heterocycles. The van der Waals surface area contributed by atoms with Crippen molar-refractivity contribution in [3.05, 3.63) is 47.1 Å². The fourth-order valence-corrected chi connectivity index (χ4v) is 2.00. The average molecular weight is 259 g/mol. The fraction of sp³-hybridized carbons (Fsp3) is 0.467. The summed E-state index contributed by atoms with van der Waals surface area (Å²) in [6.07, 6.45) is 1.13. The van der Waals surface area contributed by atoms with E-state index < -0.39 is 0 Å². The van der Waals surface area contributed by atoms with Gasteiger partial charge in [-0.15, -0.1) is 0 Å². The summed E-state index contributed by atoms with van der Waals surface area (Å²) in [5.74, 6) is 2.01. The summed E-state index contributed by atoms with van der Waals surface area (Å²) in [4.78, 5) is 4.15. The van der Waals surface area contributed by atoms with E-state index in [1.807, 2.05) is 0 Å². The zero-order valence-corrected chi connectivity index (χ0v) is 11.8. The van der Waals surface area contributed by atoms with E-state index in [0.29, 0.717) is 24.2 Å². The van der Waals surface area contributed by atoms with Crippen LogP contribution in [-0.2, 0) is 19.5 Å². The third-order valence-corrected chi connectivity index (χ3v) is 2.85. The van der Waals surface area contributed by atoms with E-state index in [0.717, 1.165) is 13.0 Å². The number of benzene rings is 1. The van der Waals surface area contributed by atoms with Crippen molar-refractivity contribution < 1.29 is 4.52 Å². The summed E-state index contributed by atoms with van der Waals surface area (Å²) in [5.41, 5.74) is 2.67. The van der Waals surface area contributed by atoms with Crippen LogP contribution in [0.15, 0.2) is 28.8 Å². The molecule has 0 saturated carbocycles. The van der Waals surface area contributed by atoms with Crippen molar-refractivity contribution in [3.63, 3.8) is 0 Å². The van der Waals surface area contributed by atoms with E-state index in [4.69, 9.17) is 4.52 Å². The van der Waals surface area contributed by atoms with Crippen LogP contribution >= 0.6 is 0 Å². The van der Waals surface area contributed by atoms with Crippen molar-refractivity contribution in [2.75, 3.05) is 0 Å². The predicted octanol–water partition coefficient (Wildman–Crippen LogP) is 2.87. The first kappa shape index (κ1) is 13.7. The van der Waals surface area contributed by atoms with Crippen molar-refractivity contribution in [1.29, 1.82) is 0 Å². The Balaban J connectivity index is 1.79. The molecule has 102 valence electrons. The first-order valence-electron chi connectivity index (χ1n) is 6.71. The van der Waals surface area contributed by atoms with Gasteiger partial charge < -0.3 is 9.84 Å². The van der Waals surface area contributed by atoms with Gasteiger partial charge in [-0.25, -0.2) is 0 Å². The number of aryl methyl sites for hydroxylation is 1. The average Bonchev–Trinajstić information content (AvgIpc) is 2.77. The van der Waals surface area contributed by atoms with Gasteiger partial charge in [0.25, 0.3) is 0 Å². The quantitative estimate of drug-likeness (QED) is 0.866. The van der Waals surface area contributed by atoms with Crippen LogP contribution < -0.4 is 5.32 Å². The van der Waals surface area contributed by atoms with Gasteiger partial charge in [0, 0.05) is 13.5 Å². The van der Waals surface area contributed by atoms with E-state index in [1.54, 1.807) is 6.92 Å². The van der Waals surface area contributed by atoms with Crippen molar-refractivity contribution in [1.82, 2.24) is 15.5 Å². The highest BCUT2D eigenvalue weighted by molar-refractivity contribution is 5.22. The standard InChI is InChI=1S/C15H21N3O/c1-11(2)8-13-4-6-14(7-5-13)9-16-10-15-17-12(3)19-18-15/h4-7,11,16H,8-10H2,1-3H3. The molecule has 0 atom stereocenters. The van der Waals surface area contributed by atoms with E-state index in [-0.39, 0.29) is 0 Å². The predicted molar refractivity (Wildman–Crippen MR) is 74.6 cm³/mol. The molecule has 2 aromatic rings. The second-order valence-corrected chi connectivity index (χ2v) is 5.25. The van der Waals surface area contributed by atoms with Gasteiger partial charge in [-0.3, -0.25) is 0 Å². The molecule has 0 saturated heterocycles. The van der Waals surface area contributed by atoms with E-state index >= 15 is 0 Å². The number of aromatic nitrogens is 2. The molecule has 1 N–H and O–H groups in total. The molecular weight excluding hydrogens is 238 g/mol. The number of nitrogens with zero attached hydrogens (tertiary/aromatic N) is 2. The maximum absolute atomic E-state index is 4.92. The number of hydrogen-bond acceptors (Lipinski definition) is 4. The lowest BCUT2D eigenvalue weighted by Crippen LogP contribution is -2.13. The van der Waals surface area contributed by atoms with Crippen LogP contribution in [0.3, 0.4) is 0 Å². The Bertz CT molecular complexity index is 502. The highest BCUT2D eigenvalue weighted by Crippen LogP contribution is 2.09. The summed E-state index contributed by atoms with van der Waals surface area (Å²) in [6.45, 7) is 7.72. The molecule has 0 aliphatic carbocycles. The molecular formula is C15H21N3O. The minimum absolute atomic E-state index is 0.606. The molecule has 0 bridgehead atoms. The van der Waals surface area contributed by atoms with Crippen LogP contribution in [0.4, 0.5) is 0 Å². The molecule has 0 unspecified atom stereocenters. The number of hydrogen-bond donors (Lipinski definition) is 1. The minimum atomic E-state index is 0.606. The molecule has 0 fully saturated rings. The number of rotatable bonds is 6. The van der Waals surface area contributed by atoms with Gasteiger partial charge in [-0.05, 0) is 23.5 Å². The molecule has 4 nitrogen and oxygen atoms in total. The Kier molecular flexibility index (Phi) is 4.68. The van der Waals surface area contributed by atoms with Gasteiger partial charge in [0.15, 0.2) is 5.82 Å². The summed E-state index contributed by atoms with van der Waals surface area (Å²) >= 11 is 0. The molecule has 0 aliphatic heterocycles. The molecule has 0 radical (unpaired) electrons. The van der Waals surface area contributed by atoms with Crippen LogP contribution in [-0.4, -0.2) is 10.1 Å². The van der Waals surface area contributed by atoms with Gasteiger partial charge in [0.05, 0.1) is 6.54 Å². The van der Waals surface area contributed by atoms with E-state index in [1.165, 1.54) is 11.1 Å². The molecule has 2 rings (SSSR count). The zero-order valence-electron chi connectivity index (χ0n) is 11.8. The lowest BCUT2D eigenvalue weighted by atomic mass is 10.0. The van der Waals surface area contributed by atoms with Crippen LogP contribution in [0, 0.1) is 12.8 Å². The summed E-state index contributed by atoms with van der Waals surface area (Å²) in [5, 5.41) is 7.15. The van der Waals surface area contributed by atoms with E-state index in [9.17, 15) is 0 Å². The number of nitrogens with one attached hydrogen (secondary N) is 1. The second-order valence-electron chi connectivity index (χ2n) is 5.25. The van der Waals surface area contributed by atoms with Crippen molar-refractivity contribution >= 4 is 0 Å². The summed E-state index contributed by atoms with van der Waals surface area (Å²) in [7, 11) is 0. The summed E-state index contributed by atoms with van der Waals surface area (Å²) in [6, 6.07) is 8.75. The molecule has 4 heteroatoms. The largest absolute Gasteiger partial charge is 0.340 e. The Morgan fingerprint density at radius 1 is 1.11 bits per heavy atom. The molecule has 0 amide bonds. The van der Waals surface area contributed by atoms with Crippen LogP contribution in [0.25, 0.3) is 0 Å². The highest BCUT2D eigenvalue weighted by Gasteiger charge is 2.02. The minimum Gasteiger partial charge on any atom is -0.340 e. The maximum atomic E-state index is 4.92. The molecule has 1 aromatic carbocycles. The van der Waals surface area contributed by atoms with Gasteiger partial charge in [-0.2, -0.15) is 4.98 Å². The second kappa shape index (κ2) is 6.48. The molecule has 19 heavy (non-hydrogen) atoms. The smallest absolute Gasteiger partial charge is 0.223 e. The third kappa shape index (κ3) is 4.48. The van der Waals surface area contributed by atoms with Crippen LogP contribution in [0.2, 0.25) is 0 Å². The lowest BCUT2D eigenvalue weighted by Gasteiger charge is -2.07. The lowest BCUT2D eigenvalue weighted by molar-refractivity contribution is 0.385. The fourth-order valence-electron chi connectivity index (χ4n) is 2.00. The van der Waals surface area contributed by atoms with Gasteiger partial charge in [0.2, 0.25) is 5.89 Å². The Labute approximate surface area is 114 Å². The van der Waals surface area contributed by atoms with E-state index in [2.05, 4.69) is 53.6 Å². The van der Waals surface area contributed by atoms with Crippen LogP contribution in [0.5, 0.6) is 0 Å². The third-order valence-electron chi connectivity index (χ3n) is 2.85. The topological polar surface area (TPSA) is 51.0 Å². The van der Waals surface area contributed by atoms with Crippen LogP contribution in [0.1, 0.15) is 36.7 Å². The SMILES string of the molecule is Cc1nc(CNCc2ccc(CC(C)C)cc2)no1. The maximum Gasteiger partial charge on any atom is 0.223 e. The zero-order chi connectivity index (χ0) is 13.7. The highest BCUT2D eigenvalue weighted by atomic mass is 16.5.